The molecule has 0 saturated carbocycles. The number of rotatable bonds is 3. The molecule has 0 aliphatic heterocycles. The van der Waals surface area contributed by atoms with Gasteiger partial charge in [-0.1, -0.05) is 0 Å². The average molecular weight is 292 g/mol. The van der Waals surface area contributed by atoms with Crippen molar-refractivity contribution >= 4 is 21.5 Å². The third-order valence-electron chi connectivity index (χ3n) is 2.81. The third kappa shape index (κ3) is 2.83. The lowest BCUT2D eigenvalue weighted by molar-refractivity contribution is 0.601. The Morgan fingerprint density at radius 1 is 1.20 bits per heavy atom. The summed E-state index contributed by atoms with van der Waals surface area (Å²) in [6.45, 7) is 1.82. The minimum Gasteiger partial charge on any atom is -0.370 e. The first-order chi connectivity index (χ1) is 9.29. The zero-order valence-electron chi connectivity index (χ0n) is 11.2. The van der Waals surface area contributed by atoms with Gasteiger partial charge in [0.05, 0.1) is 16.3 Å². The molecule has 0 radical (unpaired) electrons. The molecule has 0 amide bonds. The minimum absolute atomic E-state index is 0.110. The fraction of sp³-hybridized carbons (Fsp3) is 0.154. The molecule has 0 fully saturated rings. The molecule has 6 nitrogen and oxygen atoms in total. The maximum absolute atomic E-state index is 12.0. The molecule has 0 aliphatic carbocycles. The zero-order chi connectivity index (χ0) is 14.9. The lowest BCUT2D eigenvalue weighted by Gasteiger charge is -2.12. The molecule has 2 aromatic rings. The first-order valence-corrected chi connectivity index (χ1v) is 7.76. The van der Waals surface area contributed by atoms with E-state index in [1.807, 2.05) is 19.1 Å². The summed E-state index contributed by atoms with van der Waals surface area (Å²) >= 11 is 0. The molecule has 7 heteroatoms. The molecule has 0 spiro atoms. The summed E-state index contributed by atoms with van der Waals surface area (Å²) in [4.78, 5) is 4.13. The van der Waals surface area contributed by atoms with E-state index in [1.54, 1.807) is 23.0 Å². The first-order valence-electron chi connectivity index (χ1n) is 5.86. The molecule has 1 aromatic heterocycles. The molecule has 106 valence electrons. The van der Waals surface area contributed by atoms with Crippen LogP contribution in [0, 0.1) is 6.92 Å². The predicted octanol–water partition coefficient (Wildman–Crippen LogP) is 1.09. The molecule has 0 atom stereocenters. The number of hydrogen-bond acceptors (Lipinski definition) is 3. The van der Waals surface area contributed by atoms with Gasteiger partial charge in [-0.2, -0.15) is 0 Å². The molecular weight excluding hydrogens is 276 g/mol. The Balaban J connectivity index is 2.76. The van der Waals surface area contributed by atoms with Crippen LogP contribution in [-0.2, 0) is 9.84 Å². The molecule has 2 rings (SSSR count). The maximum Gasteiger partial charge on any atom is 0.191 e. The monoisotopic (exact) mass is 292 g/mol. The van der Waals surface area contributed by atoms with Crippen molar-refractivity contribution in [2.45, 2.75) is 11.8 Å². The van der Waals surface area contributed by atoms with Crippen molar-refractivity contribution in [3.8, 4) is 5.69 Å². The second kappa shape index (κ2) is 5.01. The number of guanidine groups is 1. The molecule has 1 heterocycles. The lowest BCUT2D eigenvalue weighted by Crippen LogP contribution is -2.22. The summed E-state index contributed by atoms with van der Waals surface area (Å²) in [6, 6.07) is 6.88. The molecule has 0 aliphatic rings. The van der Waals surface area contributed by atoms with Gasteiger partial charge in [0, 0.05) is 18.6 Å². The van der Waals surface area contributed by atoms with Crippen LogP contribution in [0.3, 0.4) is 0 Å². The van der Waals surface area contributed by atoms with Crippen LogP contribution in [0.25, 0.3) is 5.69 Å². The highest BCUT2D eigenvalue weighted by Gasteiger charge is 2.17. The summed E-state index contributed by atoms with van der Waals surface area (Å²) in [5, 5.41) is 0. The highest BCUT2D eigenvalue weighted by molar-refractivity contribution is 7.90. The van der Waals surface area contributed by atoms with Gasteiger partial charge in [0.1, 0.15) is 0 Å². The largest absolute Gasteiger partial charge is 0.370 e. The topological polar surface area (TPSA) is 103 Å². The predicted molar refractivity (Wildman–Crippen MR) is 79.1 cm³/mol. The third-order valence-corrected chi connectivity index (χ3v) is 3.94. The molecule has 1 aromatic carbocycles. The van der Waals surface area contributed by atoms with E-state index in [9.17, 15) is 8.42 Å². The molecule has 0 bridgehead atoms. The van der Waals surface area contributed by atoms with E-state index < -0.39 is 9.84 Å². The molecule has 4 N–H and O–H groups in total. The SMILES string of the molecule is Cc1cc(-n2cccc2)c(S(C)(=O)=O)cc1N=C(N)N. The Bertz CT molecular complexity index is 758. The maximum atomic E-state index is 12.0. The first kappa shape index (κ1) is 14.1. The Morgan fingerprint density at radius 2 is 1.80 bits per heavy atom. The summed E-state index contributed by atoms with van der Waals surface area (Å²) in [7, 11) is -3.41. The number of aryl methyl sites for hydroxylation is 1. The van der Waals surface area contributed by atoms with Gasteiger partial charge in [-0.25, -0.2) is 13.4 Å². The van der Waals surface area contributed by atoms with Gasteiger partial charge in [0.2, 0.25) is 0 Å². The average Bonchev–Trinajstić information content (AvgIpc) is 2.82. The molecule has 0 unspecified atom stereocenters. The standard InChI is InChI=1S/C13H16N4O2S/c1-9-7-11(17-5-3-4-6-17)12(20(2,18)19)8-10(9)16-13(14)15/h3-8H,1-2H3,(H4,14,15,16). The van der Waals surface area contributed by atoms with Crippen molar-refractivity contribution in [2.75, 3.05) is 6.26 Å². The van der Waals surface area contributed by atoms with Crippen molar-refractivity contribution < 1.29 is 8.42 Å². The van der Waals surface area contributed by atoms with Gasteiger partial charge in [-0.05, 0) is 36.8 Å². The Kier molecular flexibility index (Phi) is 3.54. The van der Waals surface area contributed by atoms with Gasteiger partial charge in [-0.15, -0.1) is 0 Å². The number of sulfone groups is 1. The van der Waals surface area contributed by atoms with Gasteiger partial charge < -0.3 is 16.0 Å². The lowest BCUT2D eigenvalue weighted by atomic mass is 10.2. The van der Waals surface area contributed by atoms with Crippen LogP contribution in [0.15, 0.2) is 46.5 Å². The van der Waals surface area contributed by atoms with Crippen LogP contribution in [0.2, 0.25) is 0 Å². The van der Waals surface area contributed by atoms with Crippen LogP contribution in [0.1, 0.15) is 5.56 Å². The Labute approximate surface area is 117 Å². The van der Waals surface area contributed by atoms with Crippen molar-refractivity contribution in [1.82, 2.24) is 4.57 Å². The number of aromatic nitrogens is 1. The second-order valence-electron chi connectivity index (χ2n) is 4.51. The molecule has 20 heavy (non-hydrogen) atoms. The van der Waals surface area contributed by atoms with Crippen LogP contribution < -0.4 is 11.5 Å². The number of hydrogen-bond donors (Lipinski definition) is 2. The van der Waals surface area contributed by atoms with E-state index in [0.29, 0.717) is 11.4 Å². The van der Waals surface area contributed by atoms with Crippen LogP contribution >= 0.6 is 0 Å². The van der Waals surface area contributed by atoms with Crippen molar-refractivity contribution in [1.29, 1.82) is 0 Å². The number of aliphatic imine (C=N–C) groups is 1. The quantitative estimate of drug-likeness (QED) is 0.653. The van der Waals surface area contributed by atoms with Gasteiger partial charge in [0.15, 0.2) is 15.8 Å². The van der Waals surface area contributed by atoms with E-state index in [4.69, 9.17) is 11.5 Å². The highest BCUT2D eigenvalue weighted by atomic mass is 32.2. The van der Waals surface area contributed by atoms with Crippen LogP contribution in [0.5, 0.6) is 0 Å². The van der Waals surface area contributed by atoms with Gasteiger partial charge >= 0.3 is 0 Å². The van der Waals surface area contributed by atoms with E-state index >= 15 is 0 Å². The minimum atomic E-state index is -3.41. The van der Waals surface area contributed by atoms with E-state index in [2.05, 4.69) is 4.99 Å². The molecular formula is C13H16N4O2S. The Morgan fingerprint density at radius 3 is 2.30 bits per heavy atom. The summed E-state index contributed by atoms with van der Waals surface area (Å²) < 4.78 is 25.7. The highest BCUT2D eigenvalue weighted by Crippen LogP contribution is 2.29. The number of nitrogens with zero attached hydrogens (tertiary/aromatic N) is 2. The fourth-order valence-corrected chi connectivity index (χ4v) is 2.79. The van der Waals surface area contributed by atoms with Crippen LogP contribution in [0.4, 0.5) is 5.69 Å². The van der Waals surface area contributed by atoms with Crippen molar-refractivity contribution in [2.24, 2.45) is 16.5 Å². The summed E-state index contributed by atoms with van der Waals surface area (Å²) in [5.74, 6) is -0.110. The van der Waals surface area contributed by atoms with Crippen LogP contribution in [-0.4, -0.2) is 25.2 Å². The van der Waals surface area contributed by atoms with Gasteiger partial charge in [-0.3, -0.25) is 0 Å². The van der Waals surface area contributed by atoms with E-state index in [-0.39, 0.29) is 10.9 Å². The van der Waals surface area contributed by atoms with E-state index in [0.717, 1.165) is 11.8 Å². The summed E-state index contributed by atoms with van der Waals surface area (Å²) in [6.07, 6.45) is 4.72. The Hall–Kier alpha value is -2.28. The summed E-state index contributed by atoms with van der Waals surface area (Å²) in [5.41, 5.74) is 12.5. The van der Waals surface area contributed by atoms with Crippen molar-refractivity contribution in [3.63, 3.8) is 0 Å². The second-order valence-corrected chi connectivity index (χ2v) is 6.49. The molecule has 0 saturated heterocycles. The fourth-order valence-electron chi connectivity index (χ4n) is 1.92. The normalized spacial score (nSPS) is 11.3. The zero-order valence-corrected chi connectivity index (χ0v) is 12.1. The number of benzene rings is 1. The number of nitrogens with two attached hydrogens (primary N) is 2. The van der Waals surface area contributed by atoms with Gasteiger partial charge in [0.25, 0.3) is 0 Å². The van der Waals surface area contributed by atoms with E-state index in [1.165, 1.54) is 6.07 Å². The van der Waals surface area contributed by atoms with Crippen molar-refractivity contribution in [3.05, 3.63) is 42.2 Å². The smallest absolute Gasteiger partial charge is 0.191 e.